The van der Waals surface area contributed by atoms with Gasteiger partial charge in [-0.05, 0) is 43.4 Å². The Labute approximate surface area is 193 Å². The molecule has 2 aromatic rings. The molecule has 1 atom stereocenters. The number of nitrogens with one attached hydrogen (secondary N) is 1. The molecule has 1 aromatic carbocycles. The Balaban J connectivity index is 1.24. The number of piperidine rings is 2. The highest BCUT2D eigenvalue weighted by molar-refractivity contribution is 6.07. The van der Waals surface area contributed by atoms with E-state index in [0.717, 1.165) is 32.5 Å². The van der Waals surface area contributed by atoms with Gasteiger partial charge < -0.3 is 10.2 Å². The molecule has 0 bridgehead atoms. The molecule has 3 saturated heterocycles. The van der Waals surface area contributed by atoms with Crippen molar-refractivity contribution in [2.45, 2.75) is 43.8 Å². The minimum atomic E-state index is -0.818. The first-order valence-corrected chi connectivity index (χ1v) is 11.7. The Kier molecular flexibility index (Phi) is 5.85. The third kappa shape index (κ3) is 4.23. The number of imide groups is 1. The zero-order valence-corrected chi connectivity index (χ0v) is 18.7. The molecule has 8 heteroatoms. The lowest BCUT2D eigenvalue weighted by Crippen LogP contribution is -2.56. The summed E-state index contributed by atoms with van der Waals surface area (Å²) >= 11 is 0. The smallest absolute Gasteiger partial charge is 0.325 e. The van der Waals surface area contributed by atoms with Crippen LogP contribution in [0.15, 0.2) is 54.9 Å². The molecule has 3 aliphatic heterocycles. The van der Waals surface area contributed by atoms with Gasteiger partial charge in [0.1, 0.15) is 5.54 Å². The third-order valence-electron chi connectivity index (χ3n) is 7.13. The number of carbonyl (C=O) groups is 3. The van der Waals surface area contributed by atoms with Crippen LogP contribution in [0.3, 0.4) is 0 Å². The Morgan fingerprint density at radius 3 is 2.48 bits per heavy atom. The fourth-order valence-corrected chi connectivity index (χ4v) is 5.27. The standard InChI is InChI=1S/C25H29N5O3/c31-22(20-8-12-26-13-9-20)29-14-4-7-21(18-29)30-23(32)25(27-24(30)33)10-15-28(16-11-25)17-19-5-2-1-3-6-19/h1-3,5-6,8-9,12-13,21H,4,7,10-11,14-18H2,(H,27,33)/t21-/m0/s1. The van der Waals surface area contributed by atoms with Crippen LogP contribution in [-0.4, -0.2) is 75.3 Å². The number of hydrogen-bond donors (Lipinski definition) is 1. The van der Waals surface area contributed by atoms with E-state index < -0.39 is 5.54 Å². The Morgan fingerprint density at radius 1 is 1.03 bits per heavy atom. The van der Waals surface area contributed by atoms with Crippen LogP contribution < -0.4 is 5.32 Å². The number of rotatable bonds is 4. The summed E-state index contributed by atoms with van der Waals surface area (Å²) in [6.45, 7) is 3.35. The van der Waals surface area contributed by atoms with Crippen molar-refractivity contribution < 1.29 is 14.4 Å². The number of nitrogens with zero attached hydrogens (tertiary/aromatic N) is 4. The fourth-order valence-electron chi connectivity index (χ4n) is 5.27. The van der Waals surface area contributed by atoms with Gasteiger partial charge in [0, 0.05) is 50.7 Å². The fraction of sp³-hybridized carbons (Fsp3) is 0.440. The molecule has 0 saturated carbocycles. The second kappa shape index (κ2) is 8.94. The van der Waals surface area contributed by atoms with Crippen molar-refractivity contribution in [3.63, 3.8) is 0 Å². The number of pyridine rings is 1. The van der Waals surface area contributed by atoms with Crippen LogP contribution in [0.1, 0.15) is 41.6 Å². The Hall–Kier alpha value is -3.26. The normalized spacial score (nSPS) is 23.1. The predicted octanol–water partition coefficient (Wildman–Crippen LogP) is 2.27. The van der Waals surface area contributed by atoms with Crippen molar-refractivity contribution >= 4 is 17.8 Å². The molecule has 1 aromatic heterocycles. The molecular weight excluding hydrogens is 418 g/mol. The van der Waals surface area contributed by atoms with E-state index in [4.69, 9.17) is 0 Å². The summed E-state index contributed by atoms with van der Waals surface area (Å²) in [5, 5.41) is 3.03. The lowest BCUT2D eigenvalue weighted by atomic mass is 9.87. The molecule has 8 nitrogen and oxygen atoms in total. The van der Waals surface area contributed by atoms with Gasteiger partial charge >= 0.3 is 6.03 Å². The summed E-state index contributed by atoms with van der Waals surface area (Å²) < 4.78 is 0. The molecule has 3 fully saturated rings. The number of aromatic nitrogens is 1. The van der Waals surface area contributed by atoms with Crippen LogP contribution in [0.5, 0.6) is 0 Å². The maximum absolute atomic E-state index is 13.5. The van der Waals surface area contributed by atoms with Gasteiger partial charge in [-0.2, -0.15) is 0 Å². The molecule has 1 N–H and O–H groups in total. The highest BCUT2D eigenvalue weighted by Gasteiger charge is 2.54. The second-order valence-corrected chi connectivity index (χ2v) is 9.23. The van der Waals surface area contributed by atoms with Crippen molar-refractivity contribution in [2.75, 3.05) is 26.2 Å². The van der Waals surface area contributed by atoms with Gasteiger partial charge in [-0.1, -0.05) is 30.3 Å². The maximum Gasteiger partial charge on any atom is 0.325 e. The molecule has 4 heterocycles. The van der Waals surface area contributed by atoms with E-state index in [0.29, 0.717) is 31.5 Å². The molecule has 0 unspecified atom stereocenters. The first kappa shape index (κ1) is 21.6. The summed E-state index contributed by atoms with van der Waals surface area (Å²) in [5.74, 6) is -0.215. The zero-order valence-electron chi connectivity index (χ0n) is 18.7. The lowest BCUT2D eigenvalue weighted by molar-refractivity contribution is -0.135. The number of carbonyl (C=O) groups excluding carboxylic acids is 3. The molecular formula is C25H29N5O3. The first-order valence-electron chi connectivity index (χ1n) is 11.7. The molecule has 3 aliphatic rings. The molecule has 0 radical (unpaired) electrons. The Morgan fingerprint density at radius 2 is 1.76 bits per heavy atom. The van der Waals surface area contributed by atoms with Gasteiger partial charge in [-0.3, -0.25) is 24.4 Å². The topological polar surface area (TPSA) is 85.8 Å². The minimum Gasteiger partial charge on any atom is -0.337 e. The van der Waals surface area contributed by atoms with Crippen LogP contribution in [0.4, 0.5) is 4.79 Å². The van der Waals surface area contributed by atoms with Crippen molar-refractivity contribution in [1.29, 1.82) is 0 Å². The summed E-state index contributed by atoms with van der Waals surface area (Å²) in [5.41, 5.74) is 1.00. The summed E-state index contributed by atoms with van der Waals surface area (Å²) in [6.07, 6.45) is 5.88. The molecule has 0 aliphatic carbocycles. The zero-order chi connectivity index (χ0) is 22.8. The molecule has 1 spiro atoms. The van der Waals surface area contributed by atoms with Crippen molar-refractivity contribution in [1.82, 2.24) is 25.0 Å². The van der Waals surface area contributed by atoms with E-state index >= 15 is 0 Å². The van der Waals surface area contributed by atoms with E-state index in [9.17, 15) is 14.4 Å². The van der Waals surface area contributed by atoms with Gasteiger partial charge in [0.25, 0.3) is 11.8 Å². The highest BCUT2D eigenvalue weighted by atomic mass is 16.2. The van der Waals surface area contributed by atoms with Crippen LogP contribution >= 0.6 is 0 Å². The first-order chi connectivity index (χ1) is 16.1. The van der Waals surface area contributed by atoms with Crippen molar-refractivity contribution in [3.05, 3.63) is 66.0 Å². The molecule has 33 heavy (non-hydrogen) atoms. The SMILES string of the molecule is O=C(c1ccncc1)N1CCC[C@H](N2C(=O)NC3(CCN(Cc4ccccc4)CC3)C2=O)C1. The number of amides is 4. The average Bonchev–Trinajstić information content (AvgIpc) is 3.10. The summed E-state index contributed by atoms with van der Waals surface area (Å²) in [4.78, 5) is 48.8. The quantitative estimate of drug-likeness (QED) is 0.727. The molecule has 4 amide bonds. The van der Waals surface area contributed by atoms with Gasteiger partial charge in [-0.25, -0.2) is 4.79 Å². The maximum atomic E-state index is 13.5. The molecule has 172 valence electrons. The van der Waals surface area contributed by atoms with Crippen LogP contribution in [-0.2, 0) is 11.3 Å². The molecule has 5 rings (SSSR count). The number of hydrogen-bond acceptors (Lipinski definition) is 5. The Bertz CT molecular complexity index is 1020. The number of urea groups is 1. The van der Waals surface area contributed by atoms with Gasteiger partial charge in [0.15, 0.2) is 0 Å². The second-order valence-electron chi connectivity index (χ2n) is 9.23. The minimum absolute atomic E-state index is 0.0851. The van der Waals surface area contributed by atoms with Crippen LogP contribution in [0.2, 0.25) is 0 Å². The number of likely N-dealkylation sites (tertiary alicyclic amines) is 2. The van der Waals surface area contributed by atoms with Gasteiger partial charge in [-0.15, -0.1) is 0 Å². The largest absolute Gasteiger partial charge is 0.337 e. The summed E-state index contributed by atoms with van der Waals surface area (Å²) in [7, 11) is 0. The van der Waals surface area contributed by atoms with Gasteiger partial charge in [0.05, 0.1) is 6.04 Å². The van der Waals surface area contributed by atoms with Crippen molar-refractivity contribution in [2.24, 2.45) is 0 Å². The monoisotopic (exact) mass is 447 g/mol. The van der Waals surface area contributed by atoms with E-state index in [2.05, 4.69) is 27.3 Å². The van der Waals surface area contributed by atoms with E-state index in [-0.39, 0.29) is 23.9 Å². The number of benzene rings is 1. The third-order valence-corrected chi connectivity index (χ3v) is 7.13. The van der Waals surface area contributed by atoms with E-state index in [1.807, 2.05) is 18.2 Å². The van der Waals surface area contributed by atoms with Crippen LogP contribution in [0, 0.1) is 0 Å². The van der Waals surface area contributed by atoms with E-state index in [1.165, 1.54) is 10.5 Å². The highest BCUT2D eigenvalue weighted by Crippen LogP contribution is 2.33. The predicted molar refractivity (Wildman–Crippen MR) is 122 cm³/mol. The van der Waals surface area contributed by atoms with Crippen molar-refractivity contribution in [3.8, 4) is 0 Å². The van der Waals surface area contributed by atoms with E-state index in [1.54, 1.807) is 29.4 Å². The lowest BCUT2D eigenvalue weighted by Gasteiger charge is -2.39. The average molecular weight is 448 g/mol. The van der Waals surface area contributed by atoms with Gasteiger partial charge in [0.2, 0.25) is 0 Å². The van der Waals surface area contributed by atoms with Crippen LogP contribution in [0.25, 0.3) is 0 Å². The summed E-state index contributed by atoms with van der Waals surface area (Å²) in [6, 6.07) is 13.1.